The van der Waals surface area contributed by atoms with Gasteiger partial charge in [0.15, 0.2) is 5.96 Å². The third kappa shape index (κ3) is 7.44. The number of carbonyl (C=O) groups is 2. The Morgan fingerprint density at radius 1 is 1.28 bits per heavy atom. The highest BCUT2D eigenvalue weighted by Crippen LogP contribution is 2.17. The quantitative estimate of drug-likeness (QED) is 0.270. The SMILES string of the molecule is CCNC(=NCc1ccc(C(=O)N2CCNC(=O)C2)cc1)NCc1nc(C(C)C)cs1.I. The number of amides is 2. The van der Waals surface area contributed by atoms with E-state index in [4.69, 9.17) is 0 Å². The molecule has 0 radical (unpaired) electrons. The van der Waals surface area contributed by atoms with E-state index < -0.39 is 0 Å². The number of guanidine groups is 1. The van der Waals surface area contributed by atoms with Gasteiger partial charge in [-0.3, -0.25) is 9.59 Å². The molecule has 0 bridgehead atoms. The van der Waals surface area contributed by atoms with Crippen molar-refractivity contribution in [3.05, 3.63) is 51.5 Å². The number of hydrogen-bond donors (Lipinski definition) is 3. The summed E-state index contributed by atoms with van der Waals surface area (Å²) in [6.45, 7) is 9.32. The molecule has 1 fully saturated rings. The van der Waals surface area contributed by atoms with E-state index >= 15 is 0 Å². The molecule has 0 atom stereocenters. The first kappa shape index (κ1) is 26.0. The van der Waals surface area contributed by atoms with Gasteiger partial charge in [0.2, 0.25) is 5.91 Å². The number of halogens is 1. The molecular weight excluding hydrogens is 539 g/mol. The largest absolute Gasteiger partial charge is 0.357 e. The van der Waals surface area contributed by atoms with Gasteiger partial charge in [0, 0.05) is 30.6 Å². The van der Waals surface area contributed by atoms with E-state index in [9.17, 15) is 9.59 Å². The van der Waals surface area contributed by atoms with Gasteiger partial charge in [-0.1, -0.05) is 26.0 Å². The van der Waals surface area contributed by atoms with Gasteiger partial charge in [-0.25, -0.2) is 9.98 Å². The van der Waals surface area contributed by atoms with E-state index in [0.29, 0.717) is 37.7 Å². The molecule has 32 heavy (non-hydrogen) atoms. The Bertz CT molecular complexity index is 929. The van der Waals surface area contributed by atoms with Crippen molar-refractivity contribution >= 4 is 53.1 Å². The second kappa shape index (κ2) is 12.7. The monoisotopic (exact) mass is 570 g/mol. The van der Waals surface area contributed by atoms with Crippen LogP contribution >= 0.6 is 35.3 Å². The van der Waals surface area contributed by atoms with Crippen molar-refractivity contribution in [2.24, 2.45) is 4.99 Å². The summed E-state index contributed by atoms with van der Waals surface area (Å²) in [4.78, 5) is 34.9. The van der Waals surface area contributed by atoms with Crippen LogP contribution in [0.2, 0.25) is 0 Å². The molecule has 3 N–H and O–H groups in total. The first-order chi connectivity index (χ1) is 15.0. The summed E-state index contributed by atoms with van der Waals surface area (Å²) in [6.07, 6.45) is 0. The Hall–Kier alpha value is -2.21. The van der Waals surface area contributed by atoms with Crippen molar-refractivity contribution in [2.75, 3.05) is 26.2 Å². The molecule has 0 unspecified atom stereocenters. The molecule has 0 saturated carbocycles. The van der Waals surface area contributed by atoms with Gasteiger partial charge in [-0.15, -0.1) is 35.3 Å². The van der Waals surface area contributed by atoms with E-state index in [1.165, 1.54) is 0 Å². The van der Waals surface area contributed by atoms with E-state index in [1.807, 2.05) is 19.1 Å². The van der Waals surface area contributed by atoms with Crippen LogP contribution in [0.1, 0.15) is 53.3 Å². The van der Waals surface area contributed by atoms with Gasteiger partial charge < -0.3 is 20.9 Å². The van der Waals surface area contributed by atoms with Gasteiger partial charge in [0.25, 0.3) is 5.91 Å². The molecule has 1 aromatic carbocycles. The molecule has 8 nitrogen and oxygen atoms in total. The van der Waals surface area contributed by atoms with Crippen LogP contribution in [0.5, 0.6) is 0 Å². The second-order valence-electron chi connectivity index (χ2n) is 7.64. The van der Waals surface area contributed by atoms with Crippen molar-refractivity contribution < 1.29 is 9.59 Å². The molecule has 1 aromatic heterocycles. The fraction of sp³-hybridized carbons (Fsp3) is 0.455. The molecule has 2 heterocycles. The third-order valence-corrected chi connectivity index (χ3v) is 5.73. The molecule has 2 amide bonds. The minimum atomic E-state index is -0.121. The highest BCUT2D eigenvalue weighted by molar-refractivity contribution is 14.0. The summed E-state index contributed by atoms with van der Waals surface area (Å²) >= 11 is 1.65. The van der Waals surface area contributed by atoms with Crippen LogP contribution in [0.4, 0.5) is 0 Å². The van der Waals surface area contributed by atoms with Crippen molar-refractivity contribution in [2.45, 2.75) is 39.8 Å². The Balaban J connectivity index is 0.00000363. The van der Waals surface area contributed by atoms with Crippen LogP contribution in [-0.2, 0) is 17.9 Å². The average Bonchev–Trinajstić information content (AvgIpc) is 3.25. The summed E-state index contributed by atoms with van der Waals surface area (Å²) < 4.78 is 0. The van der Waals surface area contributed by atoms with Crippen molar-refractivity contribution in [1.82, 2.24) is 25.8 Å². The van der Waals surface area contributed by atoms with Gasteiger partial charge in [0.1, 0.15) is 5.01 Å². The lowest BCUT2D eigenvalue weighted by atomic mass is 10.1. The van der Waals surface area contributed by atoms with E-state index in [1.54, 1.807) is 28.4 Å². The van der Waals surface area contributed by atoms with Gasteiger partial charge in [-0.2, -0.15) is 0 Å². The number of thiazole rings is 1. The molecule has 1 aliphatic heterocycles. The number of benzene rings is 1. The molecule has 0 spiro atoms. The molecule has 10 heteroatoms. The number of hydrogen-bond acceptors (Lipinski definition) is 5. The summed E-state index contributed by atoms with van der Waals surface area (Å²) in [5, 5.41) is 12.4. The van der Waals surface area contributed by atoms with Crippen molar-refractivity contribution in [3.8, 4) is 0 Å². The number of aliphatic imine (C=N–C) groups is 1. The van der Waals surface area contributed by atoms with E-state index in [-0.39, 0.29) is 42.3 Å². The predicted molar refractivity (Wildman–Crippen MR) is 139 cm³/mol. The van der Waals surface area contributed by atoms with Gasteiger partial charge in [-0.05, 0) is 30.5 Å². The van der Waals surface area contributed by atoms with Gasteiger partial charge in [0.05, 0.1) is 25.3 Å². The van der Waals surface area contributed by atoms with Crippen LogP contribution in [0.15, 0.2) is 34.6 Å². The fourth-order valence-corrected chi connectivity index (χ4v) is 3.99. The lowest BCUT2D eigenvalue weighted by Gasteiger charge is -2.26. The maximum absolute atomic E-state index is 12.6. The maximum atomic E-state index is 12.6. The van der Waals surface area contributed by atoms with Crippen LogP contribution in [0.3, 0.4) is 0 Å². The van der Waals surface area contributed by atoms with Crippen LogP contribution in [0.25, 0.3) is 0 Å². The molecule has 3 rings (SSSR count). The highest BCUT2D eigenvalue weighted by Gasteiger charge is 2.22. The summed E-state index contributed by atoms with van der Waals surface area (Å²) in [6, 6.07) is 7.40. The van der Waals surface area contributed by atoms with E-state index in [0.717, 1.165) is 28.8 Å². The number of nitrogens with one attached hydrogen (secondary N) is 3. The zero-order valence-corrected chi connectivity index (χ0v) is 21.8. The van der Waals surface area contributed by atoms with Crippen LogP contribution in [0, 0.1) is 0 Å². The first-order valence-corrected chi connectivity index (χ1v) is 11.5. The average molecular weight is 571 g/mol. The smallest absolute Gasteiger partial charge is 0.254 e. The first-order valence-electron chi connectivity index (χ1n) is 10.6. The summed E-state index contributed by atoms with van der Waals surface area (Å²) in [5.41, 5.74) is 2.70. The molecule has 1 aliphatic rings. The zero-order chi connectivity index (χ0) is 22.2. The van der Waals surface area contributed by atoms with Gasteiger partial charge >= 0.3 is 0 Å². The minimum absolute atomic E-state index is 0. The Morgan fingerprint density at radius 2 is 2.03 bits per heavy atom. The highest BCUT2D eigenvalue weighted by atomic mass is 127. The predicted octanol–water partition coefficient (Wildman–Crippen LogP) is 2.71. The normalized spacial score (nSPS) is 14.1. The fourth-order valence-electron chi connectivity index (χ4n) is 3.09. The topological polar surface area (TPSA) is 98.7 Å². The van der Waals surface area contributed by atoms with E-state index in [2.05, 4.69) is 45.2 Å². The third-order valence-electron chi connectivity index (χ3n) is 4.86. The zero-order valence-electron chi connectivity index (χ0n) is 18.7. The number of piperazine rings is 1. The molecule has 2 aromatic rings. The number of nitrogens with zero attached hydrogens (tertiary/aromatic N) is 3. The Morgan fingerprint density at radius 3 is 2.66 bits per heavy atom. The lowest BCUT2D eigenvalue weighted by Crippen LogP contribution is -2.49. The van der Waals surface area contributed by atoms with Crippen LogP contribution < -0.4 is 16.0 Å². The van der Waals surface area contributed by atoms with Crippen molar-refractivity contribution in [1.29, 1.82) is 0 Å². The molecule has 1 saturated heterocycles. The molecule has 174 valence electrons. The summed E-state index contributed by atoms with van der Waals surface area (Å²) in [5.74, 6) is 0.911. The minimum Gasteiger partial charge on any atom is -0.357 e. The lowest BCUT2D eigenvalue weighted by molar-refractivity contribution is -0.123. The number of carbonyl (C=O) groups excluding carboxylic acids is 2. The Labute approximate surface area is 210 Å². The summed E-state index contributed by atoms with van der Waals surface area (Å²) in [7, 11) is 0. The van der Waals surface area contributed by atoms with Crippen LogP contribution in [-0.4, -0.2) is 53.8 Å². The number of aromatic nitrogens is 1. The standard InChI is InChI=1S/C22H30N6O2S.HI/c1-4-23-22(26-12-20-27-18(14-31-20)15(2)3)25-11-16-5-7-17(8-6-16)21(30)28-10-9-24-19(29)13-28;/h5-8,14-15H,4,9-13H2,1-3H3,(H,24,29)(H2,23,25,26);1H. The maximum Gasteiger partial charge on any atom is 0.254 e. The molecular formula is C22H31IN6O2S. The Kier molecular flexibility index (Phi) is 10.4. The van der Waals surface area contributed by atoms with Crippen molar-refractivity contribution in [3.63, 3.8) is 0 Å². The number of rotatable bonds is 7. The molecule has 0 aliphatic carbocycles. The second-order valence-corrected chi connectivity index (χ2v) is 8.59.